The van der Waals surface area contributed by atoms with Crippen molar-refractivity contribution >= 4 is 51.1 Å². The number of anilines is 1. The highest BCUT2D eigenvalue weighted by Gasteiger charge is 2.12. The predicted octanol–water partition coefficient (Wildman–Crippen LogP) is 5.79. The van der Waals surface area contributed by atoms with Crippen LogP contribution < -0.4 is 25.0 Å². The van der Waals surface area contributed by atoms with Gasteiger partial charge >= 0.3 is 5.97 Å². The maximum Gasteiger partial charge on any atom is 0.343 e. The van der Waals surface area contributed by atoms with E-state index in [1.165, 1.54) is 6.21 Å². The van der Waals surface area contributed by atoms with Gasteiger partial charge < -0.3 is 19.5 Å². The molecule has 0 saturated heterocycles. The van der Waals surface area contributed by atoms with Gasteiger partial charge in [0.1, 0.15) is 17.2 Å². The van der Waals surface area contributed by atoms with Gasteiger partial charge in [-0.15, -0.1) is 0 Å². The first-order chi connectivity index (χ1) is 16.5. The molecule has 0 saturated carbocycles. The molecule has 7 nitrogen and oxygen atoms in total. The Kier molecular flexibility index (Phi) is 9.42. The molecule has 3 rings (SSSR count). The van der Waals surface area contributed by atoms with E-state index in [0.717, 1.165) is 22.3 Å². The lowest BCUT2D eigenvalue weighted by Crippen LogP contribution is -2.23. The second-order valence-electron chi connectivity index (χ2n) is 7.00. The molecule has 0 amide bonds. The van der Waals surface area contributed by atoms with Crippen LogP contribution in [-0.4, -0.2) is 31.0 Å². The van der Waals surface area contributed by atoms with Crippen molar-refractivity contribution in [3.63, 3.8) is 0 Å². The van der Waals surface area contributed by atoms with Gasteiger partial charge in [0.15, 0.2) is 5.11 Å². The Hall–Kier alpha value is -3.43. The van der Waals surface area contributed by atoms with Gasteiger partial charge in [-0.1, -0.05) is 22.9 Å². The lowest BCUT2D eigenvalue weighted by Gasteiger charge is -2.10. The molecule has 0 aliphatic carbocycles. The Bertz CT molecular complexity index is 1150. The van der Waals surface area contributed by atoms with Gasteiger partial charge in [0, 0.05) is 15.7 Å². The lowest BCUT2D eigenvalue weighted by atomic mass is 10.2. The monoisotopic (exact) mass is 541 g/mol. The summed E-state index contributed by atoms with van der Waals surface area (Å²) in [5.41, 5.74) is 4.54. The molecular weight excluding hydrogens is 518 g/mol. The van der Waals surface area contributed by atoms with E-state index in [4.69, 9.17) is 26.4 Å². The Morgan fingerprint density at radius 3 is 2.44 bits per heavy atom. The van der Waals surface area contributed by atoms with E-state index in [9.17, 15) is 4.79 Å². The number of esters is 1. The molecular formula is C25H24BrN3O4S. The number of hydrogen-bond acceptors (Lipinski definition) is 6. The zero-order chi connectivity index (χ0) is 24.3. The van der Waals surface area contributed by atoms with Gasteiger partial charge in [0.05, 0.1) is 25.5 Å². The standard InChI is InChI=1S/C25H24BrN3O4S/c1-3-14-32-22-9-4-17(5-10-22)24(30)33-23-13-6-19(26)15-18(23)16-27-29-25(34)28-20-7-11-21(31-2)12-8-20/h4-13,15-16H,3,14H2,1-2H3,(H2,28,29,34)/b27-16-. The van der Waals surface area contributed by atoms with Gasteiger partial charge in [-0.3, -0.25) is 5.43 Å². The molecule has 3 aromatic carbocycles. The number of hydrogen-bond donors (Lipinski definition) is 2. The van der Waals surface area contributed by atoms with E-state index >= 15 is 0 Å². The molecule has 0 bridgehead atoms. The van der Waals surface area contributed by atoms with Crippen molar-refractivity contribution in [2.24, 2.45) is 5.10 Å². The molecule has 0 atom stereocenters. The normalized spacial score (nSPS) is 10.6. The molecule has 0 fully saturated rings. The number of ether oxygens (including phenoxy) is 3. The SMILES string of the molecule is CCCOc1ccc(C(=O)Oc2ccc(Br)cc2/C=N\NC(=S)Nc2ccc(OC)cc2)cc1. The number of nitrogens with zero attached hydrogens (tertiary/aromatic N) is 1. The Labute approximate surface area is 212 Å². The van der Waals surface area contributed by atoms with Gasteiger partial charge in [-0.05, 0) is 85.4 Å². The number of hydrazone groups is 1. The molecule has 176 valence electrons. The van der Waals surface area contributed by atoms with E-state index in [1.807, 2.05) is 31.2 Å². The van der Waals surface area contributed by atoms with Gasteiger partial charge in [-0.25, -0.2) is 4.79 Å². The summed E-state index contributed by atoms with van der Waals surface area (Å²) in [6, 6.07) is 19.4. The van der Waals surface area contributed by atoms with Gasteiger partial charge in [0.25, 0.3) is 0 Å². The predicted molar refractivity (Wildman–Crippen MR) is 141 cm³/mol. The molecule has 9 heteroatoms. The van der Waals surface area contributed by atoms with Crippen LogP contribution in [0.4, 0.5) is 5.69 Å². The summed E-state index contributed by atoms with van der Waals surface area (Å²) < 4.78 is 17.1. The minimum Gasteiger partial charge on any atom is -0.497 e. The molecule has 0 heterocycles. The maximum atomic E-state index is 12.6. The zero-order valence-electron chi connectivity index (χ0n) is 18.7. The van der Waals surface area contributed by atoms with Crippen LogP contribution >= 0.6 is 28.1 Å². The number of carbonyl (C=O) groups is 1. The maximum absolute atomic E-state index is 12.6. The molecule has 0 aliphatic heterocycles. The van der Waals surface area contributed by atoms with E-state index in [1.54, 1.807) is 49.6 Å². The second kappa shape index (κ2) is 12.7. The summed E-state index contributed by atoms with van der Waals surface area (Å²) >= 11 is 8.70. The van der Waals surface area contributed by atoms with Crippen LogP contribution in [0.3, 0.4) is 0 Å². The average molecular weight is 542 g/mol. The highest BCUT2D eigenvalue weighted by Crippen LogP contribution is 2.23. The van der Waals surface area contributed by atoms with Gasteiger partial charge in [-0.2, -0.15) is 5.10 Å². The van der Waals surface area contributed by atoms with Crippen molar-refractivity contribution in [3.05, 3.63) is 82.3 Å². The Morgan fingerprint density at radius 2 is 1.76 bits per heavy atom. The summed E-state index contributed by atoms with van der Waals surface area (Å²) in [6.07, 6.45) is 2.44. The highest BCUT2D eigenvalue weighted by molar-refractivity contribution is 9.10. The molecule has 0 radical (unpaired) electrons. The van der Waals surface area contributed by atoms with Crippen molar-refractivity contribution in [1.82, 2.24) is 5.43 Å². The topological polar surface area (TPSA) is 81.2 Å². The first kappa shape index (κ1) is 25.2. The average Bonchev–Trinajstić information content (AvgIpc) is 2.85. The summed E-state index contributed by atoms with van der Waals surface area (Å²) in [4.78, 5) is 12.6. The number of benzene rings is 3. The van der Waals surface area contributed by atoms with Gasteiger partial charge in [0.2, 0.25) is 0 Å². The van der Waals surface area contributed by atoms with Crippen molar-refractivity contribution in [2.45, 2.75) is 13.3 Å². The lowest BCUT2D eigenvalue weighted by molar-refractivity contribution is 0.0734. The van der Waals surface area contributed by atoms with Crippen LogP contribution in [0, 0.1) is 0 Å². The molecule has 34 heavy (non-hydrogen) atoms. The molecule has 0 spiro atoms. The molecule has 3 aromatic rings. The number of carbonyl (C=O) groups excluding carboxylic acids is 1. The van der Waals surface area contributed by atoms with Crippen molar-refractivity contribution in [1.29, 1.82) is 0 Å². The van der Waals surface area contributed by atoms with E-state index in [0.29, 0.717) is 34.3 Å². The fraction of sp³-hybridized carbons (Fsp3) is 0.160. The first-order valence-electron chi connectivity index (χ1n) is 10.5. The number of nitrogens with one attached hydrogen (secondary N) is 2. The minimum atomic E-state index is -0.483. The number of rotatable bonds is 9. The largest absolute Gasteiger partial charge is 0.497 e. The third kappa shape index (κ3) is 7.57. The van der Waals surface area contributed by atoms with E-state index in [2.05, 4.69) is 31.8 Å². The van der Waals surface area contributed by atoms with E-state index < -0.39 is 5.97 Å². The second-order valence-corrected chi connectivity index (χ2v) is 8.32. The molecule has 0 aliphatic rings. The summed E-state index contributed by atoms with van der Waals surface area (Å²) in [6.45, 7) is 2.66. The molecule has 0 aromatic heterocycles. The fourth-order valence-electron chi connectivity index (χ4n) is 2.77. The summed E-state index contributed by atoms with van der Waals surface area (Å²) in [5, 5.41) is 7.49. The Balaban J connectivity index is 1.62. The number of thiocarbonyl (C=S) groups is 1. The summed E-state index contributed by atoms with van der Waals surface area (Å²) in [7, 11) is 1.61. The third-order valence-corrected chi connectivity index (χ3v) is 5.14. The van der Waals surface area contributed by atoms with Crippen LogP contribution in [0.1, 0.15) is 29.3 Å². The van der Waals surface area contributed by atoms with Crippen molar-refractivity contribution in [2.75, 3.05) is 19.0 Å². The van der Waals surface area contributed by atoms with Crippen LogP contribution in [0.25, 0.3) is 0 Å². The minimum absolute atomic E-state index is 0.306. The number of halogens is 1. The number of methoxy groups -OCH3 is 1. The van der Waals surface area contributed by atoms with Crippen molar-refractivity contribution in [3.8, 4) is 17.2 Å². The summed E-state index contributed by atoms with van der Waals surface area (Å²) in [5.74, 6) is 1.34. The molecule has 0 unspecified atom stereocenters. The highest BCUT2D eigenvalue weighted by atomic mass is 79.9. The zero-order valence-corrected chi connectivity index (χ0v) is 21.1. The Morgan fingerprint density at radius 1 is 1.06 bits per heavy atom. The quantitative estimate of drug-likeness (QED) is 0.117. The smallest absolute Gasteiger partial charge is 0.343 e. The molecule has 2 N–H and O–H groups in total. The first-order valence-corrected chi connectivity index (χ1v) is 11.7. The third-order valence-electron chi connectivity index (χ3n) is 4.45. The van der Waals surface area contributed by atoms with Crippen LogP contribution in [0.15, 0.2) is 76.3 Å². The van der Waals surface area contributed by atoms with Crippen LogP contribution in [-0.2, 0) is 0 Å². The van der Waals surface area contributed by atoms with Crippen LogP contribution in [0.2, 0.25) is 0 Å². The van der Waals surface area contributed by atoms with Crippen molar-refractivity contribution < 1.29 is 19.0 Å². The fourth-order valence-corrected chi connectivity index (χ4v) is 3.32. The van der Waals surface area contributed by atoms with E-state index in [-0.39, 0.29) is 0 Å². The van der Waals surface area contributed by atoms with Crippen LogP contribution in [0.5, 0.6) is 17.2 Å².